The number of ether oxygens (including phenoxy) is 1. The van der Waals surface area contributed by atoms with Gasteiger partial charge in [0.15, 0.2) is 16.6 Å². The zero-order valence-electron chi connectivity index (χ0n) is 18.3. The van der Waals surface area contributed by atoms with Gasteiger partial charge in [0.25, 0.3) is 11.5 Å². The van der Waals surface area contributed by atoms with Crippen LogP contribution in [0.3, 0.4) is 0 Å². The molecule has 0 aliphatic heterocycles. The van der Waals surface area contributed by atoms with E-state index in [2.05, 4.69) is 15.4 Å². The third kappa shape index (κ3) is 5.02. The first-order valence-electron chi connectivity index (χ1n) is 10.2. The molecule has 172 valence electrons. The molecular formula is C24H20N4O5S. The minimum absolute atomic E-state index is 0.108. The predicted molar refractivity (Wildman–Crippen MR) is 127 cm³/mol. The van der Waals surface area contributed by atoms with Gasteiger partial charge in [0.05, 0.1) is 11.4 Å². The average molecular weight is 477 g/mol. The molecule has 10 heteroatoms. The fourth-order valence-electron chi connectivity index (χ4n) is 3.14. The Balaban J connectivity index is 1.52. The Morgan fingerprint density at radius 1 is 1.09 bits per heavy atom. The Bertz CT molecular complexity index is 1430. The molecule has 0 spiro atoms. The number of nitrogens with one attached hydrogen (secondary N) is 1. The molecular weight excluding hydrogens is 456 g/mol. The van der Waals surface area contributed by atoms with Gasteiger partial charge in [0, 0.05) is 6.07 Å². The van der Waals surface area contributed by atoms with Crippen LogP contribution in [-0.4, -0.2) is 31.7 Å². The lowest BCUT2D eigenvalue weighted by molar-refractivity contribution is 0.0477. The van der Waals surface area contributed by atoms with Crippen molar-refractivity contribution in [1.29, 1.82) is 0 Å². The molecule has 4 aromatic rings. The van der Waals surface area contributed by atoms with E-state index in [1.54, 1.807) is 25.1 Å². The van der Waals surface area contributed by atoms with Crippen LogP contribution in [0.4, 0.5) is 5.13 Å². The van der Waals surface area contributed by atoms with Crippen LogP contribution in [0.1, 0.15) is 37.0 Å². The van der Waals surface area contributed by atoms with Crippen molar-refractivity contribution >= 4 is 28.3 Å². The first-order chi connectivity index (χ1) is 16.3. The van der Waals surface area contributed by atoms with E-state index in [-0.39, 0.29) is 22.3 Å². The summed E-state index contributed by atoms with van der Waals surface area (Å²) in [6.45, 7) is 3.59. The van der Waals surface area contributed by atoms with Gasteiger partial charge in [-0.25, -0.2) is 9.78 Å². The summed E-state index contributed by atoms with van der Waals surface area (Å²) in [6, 6.07) is 17.2. The molecule has 2 aromatic carbocycles. The molecule has 0 atom stereocenters. The number of hydrogen-bond acceptors (Lipinski definition) is 8. The zero-order valence-corrected chi connectivity index (χ0v) is 19.1. The van der Waals surface area contributed by atoms with Crippen LogP contribution in [0.15, 0.2) is 65.5 Å². The first-order valence-corrected chi connectivity index (χ1v) is 11.0. The smallest absolute Gasteiger partial charge is 0.350 e. The molecule has 34 heavy (non-hydrogen) atoms. The molecule has 0 saturated carbocycles. The molecule has 0 aliphatic rings. The van der Waals surface area contributed by atoms with Crippen LogP contribution in [0, 0.1) is 13.8 Å². The van der Waals surface area contributed by atoms with Gasteiger partial charge >= 0.3 is 5.97 Å². The number of benzene rings is 2. The molecule has 9 nitrogen and oxygen atoms in total. The quantitative estimate of drug-likeness (QED) is 0.407. The number of aryl methyl sites for hydroxylation is 2. The first kappa shape index (κ1) is 22.9. The Hall–Kier alpha value is -4.31. The fourth-order valence-corrected chi connectivity index (χ4v) is 3.99. The number of thiazole rings is 1. The summed E-state index contributed by atoms with van der Waals surface area (Å²) in [5.74, 6) is -1.91. The molecule has 2 heterocycles. The number of rotatable bonds is 6. The van der Waals surface area contributed by atoms with Crippen molar-refractivity contribution in [3.8, 4) is 11.4 Å². The Morgan fingerprint density at radius 2 is 1.85 bits per heavy atom. The van der Waals surface area contributed by atoms with Gasteiger partial charge < -0.3 is 9.84 Å². The highest BCUT2D eigenvalue weighted by molar-refractivity contribution is 7.17. The van der Waals surface area contributed by atoms with Gasteiger partial charge in [0.1, 0.15) is 11.5 Å². The van der Waals surface area contributed by atoms with E-state index < -0.39 is 23.2 Å². The highest BCUT2D eigenvalue weighted by atomic mass is 32.1. The normalized spacial score (nSPS) is 10.6. The van der Waals surface area contributed by atoms with Gasteiger partial charge in [0.2, 0.25) is 0 Å². The zero-order chi connectivity index (χ0) is 24.2. The summed E-state index contributed by atoms with van der Waals surface area (Å²) in [7, 11) is 0. The highest BCUT2D eigenvalue weighted by Crippen LogP contribution is 2.25. The van der Waals surface area contributed by atoms with Gasteiger partial charge in [-0.3, -0.25) is 14.9 Å². The van der Waals surface area contributed by atoms with Crippen LogP contribution in [0.25, 0.3) is 5.69 Å². The van der Waals surface area contributed by atoms with Gasteiger partial charge in [-0.05, 0) is 37.1 Å². The number of aromatic nitrogens is 3. The Kier molecular flexibility index (Phi) is 6.51. The molecule has 1 amide bonds. The summed E-state index contributed by atoms with van der Waals surface area (Å²) in [5.41, 5.74) is 1.63. The minimum atomic E-state index is -0.781. The summed E-state index contributed by atoms with van der Waals surface area (Å²) < 4.78 is 6.36. The lowest BCUT2D eigenvalue weighted by Crippen LogP contribution is -2.25. The van der Waals surface area contributed by atoms with Crippen LogP contribution < -0.4 is 10.9 Å². The lowest BCUT2D eigenvalue weighted by Gasteiger charge is -2.09. The molecule has 2 aromatic heterocycles. The maximum absolute atomic E-state index is 12.8. The number of aromatic hydroxyl groups is 1. The van der Waals surface area contributed by atoms with E-state index in [9.17, 15) is 19.5 Å². The van der Waals surface area contributed by atoms with Crippen LogP contribution in [0.5, 0.6) is 5.75 Å². The van der Waals surface area contributed by atoms with Crippen molar-refractivity contribution in [3.63, 3.8) is 0 Å². The number of carbonyl (C=O) groups is 2. The number of carbonyl (C=O) groups excluding carboxylic acids is 2. The molecule has 0 radical (unpaired) electrons. The standard InChI is InChI=1S/C24H20N4O5S/c1-14-7-6-10-17(11-14)28-19(30)12-18(29)20(27-28)22(31)26-24-25-15(2)21(34-24)23(32)33-13-16-8-4-3-5-9-16/h3-12,29H,13H2,1-2H3,(H,25,26,31). The topological polar surface area (TPSA) is 123 Å². The van der Waals surface area contributed by atoms with E-state index in [0.717, 1.165) is 33.2 Å². The maximum Gasteiger partial charge on any atom is 0.350 e. The van der Waals surface area contributed by atoms with Crippen molar-refractivity contribution in [2.24, 2.45) is 0 Å². The molecule has 4 rings (SSSR count). The molecule has 0 saturated heterocycles. The Morgan fingerprint density at radius 3 is 2.59 bits per heavy atom. The van der Waals surface area contributed by atoms with Crippen LogP contribution in [0.2, 0.25) is 0 Å². The van der Waals surface area contributed by atoms with Gasteiger partial charge in [-0.15, -0.1) is 0 Å². The SMILES string of the molecule is Cc1cccc(-n2nc(C(=O)Nc3nc(C)c(C(=O)OCc4ccccc4)s3)c(O)cc2=O)c1. The number of amides is 1. The summed E-state index contributed by atoms with van der Waals surface area (Å²) in [4.78, 5) is 42.0. The van der Waals surface area contributed by atoms with Crippen LogP contribution >= 0.6 is 11.3 Å². The molecule has 0 fully saturated rings. The summed E-state index contributed by atoms with van der Waals surface area (Å²) >= 11 is 0.942. The van der Waals surface area contributed by atoms with Crippen molar-refractivity contribution in [2.45, 2.75) is 20.5 Å². The largest absolute Gasteiger partial charge is 0.505 e. The van der Waals surface area contributed by atoms with Crippen molar-refractivity contribution < 1.29 is 19.4 Å². The predicted octanol–water partition coefficient (Wildman–Crippen LogP) is 3.62. The van der Waals surface area contributed by atoms with Crippen molar-refractivity contribution in [1.82, 2.24) is 14.8 Å². The van der Waals surface area contributed by atoms with Crippen molar-refractivity contribution in [3.05, 3.63) is 98.4 Å². The summed E-state index contributed by atoms with van der Waals surface area (Å²) in [5, 5.41) is 16.8. The van der Waals surface area contributed by atoms with Crippen LogP contribution in [-0.2, 0) is 11.3 Å². The average Bonchev–Trinajstić information content (AvgIpc) is 3.18. The van der Waals surface area contributed by atoms with Crippen molar-refractivity contribution in [2.75, 3.05) is 5.32 Å². The molecule has 0 unspecified atom stereocenters. The molecule has 2 N–H and O–H groups in total. The van der Waals surface area contributed by atoms with Gasteiger partial charge in [-0.1, -0.05) is 53.8 Å². The third-order valence-corrected chi connectivity index (χ3v) is 5.84. The number of esters is 1. The minimum Gasteiger partial charge on any atom is -0.505 e. The third-order valence-electron chi connectivity index (χ3n) is 4.79. The van der Waals surface area contributed by atoms with E-state index in [0.29, 0.717) is 11.4 Å². The number of hydrogen-bond donors (Lipinski definition) is 2. The van der Waals surface area contributed by atoms with E-state index in [4.69, 9.17) is 4.74 Å². The molecule has 0 bridgehead atoms. The number of anilines is 1. The Labute approximate surface area is 198 Å². The number of nitrogens with zero attached hydrogens (tertiary/aromatic N) is 3. The van der Waals surface area contributed by atoms with E-state index in [1.165, 1.54) is 0 Å². The second-order valence-corrected chi connectivity index (χ2v) is 8.42. The summed E-state index contributed by atoms with van der Waals surface area (Å²) in [6.07, 6.45) is 0. The molecule has 0 aliphatic carbocycles. The van der Waals surface area contributed by atoms with E-state index >= 15 is 0 Å². The van der Waals surface area contributed by atoms with E-state index in [1.807, 2.05) is 43.3 Å². The monoisotopic (exact) mass is 476 g/mol. The second-order valence-electron chi connectivity index (χ2n) is 7.42. The van der Waals surface area contributed by atoms with Gasteiger partial charge in [-0.2, -0.15) is 9.78 Å². The highest BCUT2D eigenvalue weighted by Gasteiger charge is 2.21. The lowest BCUT2D eigenvalue weighted by atomic mass is 10.2. The second kappa shape index (κ2) is 9.67. The maximum atomic E-state index is 12.8. The fraction of sp³-hybridized carbons (Fsp3) is 0.125.